The van der Waals surface area contributed by atoms with Crippen molar-refractivity contribution < 1.29 is 4.79 Å². The zero-order valence-corrected chi connectivity index (χ0v) is 10.4. The van der Waals surface area contributed by atoms with Crippen LogP contribution in [0.1, 0.15) is 37.0 Å². The zero-order chi connectivity index (χ0) is 12.4. The summed E-state index contributed by atoms with van der Waals surface area (Å²) in [5.74, 6) is 0.878. The second-order valence-electron chi connectivity index (χ2n) is 4.79. The van der Waals surface area contributed by atoms with Gasteiger partial charge in [-0.3, -0.25) is 4.79 Å². The number of likely N-dealkylation sites (tertiary alicyclic amines) is 1. The van der Waals surface area contributed by atoms with E-state index in [-0.39, 0.29) is 11.9 Å². The van der Waals surface area contributed by atoms with Crippen molar-refractivity contribution in [2.45, 2.75) is 32.7 Å². The van der Waals surface area contributed by atoms with Crippen LogP contribution < -0.4 is 5.73 Å². The summed E-state index contributed by atoms with van der Waals surface area (Å²) in [6.07, 6.45) is 3.86. The van der Waals surface area contributed by atoms with Crippen molar-refractivity contribution in [1.82, 2.24) is 9.88 Å². The van der Waals surface area contributed by atoms with Crippen molar-refractivity contribution in [3.63, 3.8) is 0 Å². The lowest BCUT2D eigenvalue weighted by Gasteiger charge is -2.38. The number of anilines is 1. The van der Waals surface area contributed by atoms with E-state index in [2.05, 4.69) is 18.8 Å². The number of hydrogen-bond acceptors (Lipinski definition) is 3. The van der Waals surface area contributed by atoms with Crippen LogP contribution in [-0.4, -0.2) is 28.4 Å². The Morgan fingerprint density at radius 1 is 1.53 bits per heavy atom. The van der Waals surface area contributed by atoms with Gasteiger partial charge in [-0.25, -0.2) is 4.98 Å². The maximum absolute atomic E-state index is 12.4. The number of nitrogen functional groups attached to an aromatic ring is 1. The lowest BCUT2D eigenvalue weighted by molar-refractivity contribution is 0.0552. The first-order chi connectivity index (χ1) is 8.11. The number of aromatic nitrogens is 1. The van der Waals surface area contributed by atoms with Crippen LogP contribution >= 0.6 is 0 Å². The Bertz CT molecular complexity index is 419. The highest BCUT2D eigenvalue weighted by Crippen LogP contribution is 2.25. The van der Waals surface area contributed by atoms with Crippen LogP contribution in [0.5, 0.6) is 0 Å². The molecule has 92 valence electrons. The summed E-state index contributed by atoms with van der Waals surface area (Å²) in [5.41, 5.74) is 6.27. The fraction of sp³-hybridized carbons (Fsp3) is 0.538. The molecule has 1 amide bonds. The number of nitrogens with zero attached hydrogens (tertiary/aromatic N) is 2. The molecule has 4 nitrogen and oxygen atoms in total. The molecule has 1 aliphatic heterocycles. The Labute approximate surface area is 102 Å². The molecule has 4 heteroatoms. The molecule has 17 heavy (non-hydrogen) atoms. The highest BCUT2D eigenvalue weighted by Gasteiger charge is 2.29. The van der Waals surface area contributed by atoms with E-state index in [4.69, 9.17) is 5.73 Å². The Hall–Kier alpha value is -1.58. The number of carbonyl (C=O) groups excluding carboxylic acids is 1. The topological polar surface area (TPSA) is 59.2 Å². The lowest BCUT2D eigenvalue weighted by atomic mass is 9.91. The van der Waals surface area contributed by atoms with E-state index in [1.807, 2.05) is 4.90 Å². The van der Waals surface area contributed by atoms with Gasteiger partial charge < -0.3 is 10.6 Å². The standard InChI is InChI=1S/C13H19N3O/c1-9-5-4-8-16(10(9)2)13(17)11-6-3-7-15-12(11)14/h3,6-7,9-10H,4-5,8H2,1-2H3,(H2,14,15). The van der Waals surface area contributed by atoms with Gasteiger partial charge in [-0.05, 0) is 37.8 Å². The summed E-state index contributed by atoms with van der Waals surface area (Å²) >= 11 is 0. The molecule has 1 aliphatic rings. The Balaban J connectivity index is 2.23. The third-order valence-electron chi connectivity index (χ3n) is 3.70. The van der Waals surface area contributed by atoms with Crippen LogP contribution in [0, 0.1) is 5.92 Å². The molecule has 0 bridgehead atoms. The molecule has 2 unspecified atom stereocenters. The molecule has 1 aromatic rings. The van der Waals surface area contributed by atoms with Crippen LogP contribution in [0.2, 0.25) is 0 Å². The summed E-state index contributed by atoms with van der Waals surface area (Å²) < 4.78 is 0. The summed E-state index contributed by atoms with van der Waals surface area (Å²) in [6.45, 7) is 5.11. The van der Waals surface area contributed by atoms with Crippen molar-refractivity contribution in [2.75, 3.05) is 12.3 Å². The molecule has 0 radical (unpaired) electrons. The van der Waals surface area contributed by atoms with E-state index in [0.717, 1.165) is 13.0 Å². The number of rotatable bonds is 1. The fourth-order valence-corrected chi connectivity index (χ4v) is 2.38. The third-order valence-corrected chi connectivity index (χ3v) is 3.70. The molecule has 2 heterocycles. The van der Waals surface area contributed by atoms with E-state index in [1.165, 1.54) is 6.42 Å². The average Bonchev–Trinajstić information content (AvgIpc) is 2.32. The van der Waals surface area contributed by atoms with Crippen LogP contribution in [0.3, 0.4) is 0 Å². The highest BCUT2D eigenvalue weighted by molar-refractivity contribution is 5.98. The third kappa shape index (κ3) is 2.25. The van der Waals surface area contributed by atoms with Crippen LogP contribution in [-0.2, 0) is 0 Å². The van der Waals surface area contributed by atoms with E-state index >= 15 is 0 Å². The summed E-state index contributed by atoms with van der Waals surface area (Å²) in [5, 5.41) is 0. The van der Waals surface area contributed by atoms with Gasteiger partial charge in [0.05, 0.1) is 5.56 Å². The van der Waals surface area contributed by atoms with Crippen molar-refractivity contribution in [2.24, 2.45) is 5.92 Å². The molecule has 2 rings (SSSR count). The molecule has 2 N–H and O–H groups in total. The van der Waals surface area contributed by atoms with Gasteiger partial charge in [0.25, 0.3) is 5.91 Å². The molecule has 1 saturated heterocycles. The van der Waals surface area contributed by atoms with Gasteiger partial charge in [0, 0.05) is 18.8 Å². The number of hydrogen-bond donors (Lipinski definition) is 1. The smallest absolute Gasteiger partial charge is 0.257 e. The first kappa shape index (κ1) is 11.9. The second-order valence-corrected chi connectivity index (χ2v) is 4.79. The summed E-state index contributed by atoms with van der Waals surface area (Å²) in [6, 6.07) is 3.77. The highest BCUT2D eigenvalue weighted by atomic mass is 16.2. The monoisotopic (exact) mass is 233 g/mol. The van der Waals surface area contributed by atoms with Crippen molar-refractivity contribution in [3.8, 4) is 0 Å². The number of carbonyl (C=O) groups is 1. The predicted octanol–water partition coefficient (Wildman–Crippen LogP) is 1.92. The molecular weight excluding hydrogens is 214 g/mol. The molecule has 0 aromatic carbocycles. The Morgan fingerprint density at radius 2 is 2.29 bits per heavy atom. The molecule has 0 saturated carbocycles. The quantitative estimate of drug-likeness (QED) is 0.806. The number of amides is 1. The maximum Gasteiger partial charge on any atom is 0.257 e. The van der Waals surface area contributed by atoms with E-state index in [0.29, 0.717) is 17.3 Å². The first-order valence-corrected chi connectivity index (χ1v) is 6.12. The van der Waals surface area contributed by atoms with Gasteiger partial charge in [0.1, 0.15) is 5.82 Å². The molecule has 0 spiro atoms. The van der Waals surface area contributed by atoms with Crippen molar-refractivity contribution in [3.05, 3.63) is 23.9 Å². The van der Waals surface area contributed by atoms with E-state index in [1.54, 1.807) is 18.3 Å². The minimum Gasteiger partial charge on any atom is -0.383 e. The van der Waals surface area contributed by atoms with Gasteiger partial charge >= 0.3 is 0 Å². The molecule has 2 atom stereocenters. The largest absolute Gasteiger partial charge is 0.383 e. The summed E-state index contributed by atoms with van der Waals surface area (Å²) in [4.78, 5) is 18.3. The first-order valence-electron chi connectivity index (χ1n) is 6.12. The van der Waals surface area contributed by atoms with Crippen LogP contribution in [0.15, 0.2) is 18.3 Å². The van der Waals surface area contributed by atoms with Crippen molar-refractivity contribution in [1.29, 1.82) is 0 Å². The van der Waals surface area contributed by atoms with Gasteiger partial charge in [0.2, 0.25) is 0 Å². The van der Waals surface area contributed by atoms with Gasteiger partial charge in [-0.15, -0.1) is 0 Å². The predicted molar refractivity (Wildman–Crippen MR) is 67.5 cm³/mol. The van der Waals surface area contributed by atoms with Gasteiger partial charge in [-0.2, -0.15) is 0 Å². The van der Waals surface area contributed by atoms with E-state index < -0.39 is 0 Å². The molecule has 1 aromatic heterocycles. The Morgan fingerprint density at radius 3 is 3.00 bits per heavy atom. The maximum atomic E-state index is 12.4. The second kappa shape index (κ2) is 4.73. The molecular formula is C13H19N3O. The minimum absolute atomic E-state index is 0.00894. The SMILES string of the molecule is CC1CCCN(C(=O)c2cccnc2N)C1C. The Kier molecular flexibility index (Phi) is 3.31. The van der Waals surface area contributed by atoms with Gasteiger partial charge in [0.15, 0.2) is 0 Å². The summed E-state index contributed by atoms with van der Waals surface area (Å²) in [7, 11) is 0. The zero-order valence-electron chi connectivity index (χ0n) is 10.4. The fourth-order valence-electron chi connectivity index (χ4n) is 2.38. The number of nitrogens with two attached hydrogens (primary N) is 1. The van der Waals surface area contributed by atoms with Crippen molar-refractivity contribution >= 4 is 11.7 Å². The number of piperidine rings is 1. The van der Waals surface area contributed by atoms with E-state index in [9.17, 15) is 4.79 Å². The van der Waals surface area contributed by atoms with Crippen LogP contribution in [0.25, 0.3) is 0 Å². The molecule has 1 fully saturated rings. The average molecular weight is 233 g/mol. The van der Waals surface area contributed by atoms with Gasteiger partial charge in [-0.1, -0.05) is 6.92 Å². The van der Waals surface area contributed by atoms with Crippen LogP contribution in [0.4, 0.5) is 5.82 Å². The number of pyridine rings is 1. The lowest BCUT2D eigenvalue weighted by Crippen LogP contribution is -2.46. The minimum atomic E-state index is 0.00894. The normalized spacial score (nSPS) is 24.7. The molecule has 0 aliphatic carbocycles.